The first-order valence-corrected chi connectivity index (χ1v) is 9.77. The number of halogens is 1. The molecule has 0 atom stereocenters. The van der Waals surface area contributed by atoms with E-state index in [1.165, 1.54) is 23.5 Å². The van der Waals surface area contributed by atoms with Crippen LogP contribution in [0.15, 0.2) is 53.9 Å². The number of ether oxygens (including phenoxy) is 1. The minimum absolute atomic E-state index is 0.0199. The zero-order valence-corrected chi connectivity index (χ0v) is 17.0. The molecule has 0 aliphatic heterocycles. The lowest BCUT2D eigenvalue weighted by Gasteiger charge is -2.08. The Morgan fingerprint density at radius 1 is 1.28 bits per heavy atom. The van der Waals surface area contributed by atoms with Crippen molar-refractivity contribution in [2.45, 2.75) is 0 Å². The number of carbonyl (C=O) groups is 1. The Morgan fingerprint density at radius 3 is 2.76 bits per heavy atom. The molecule has 29 heavy (non-hydrogen) atoms. The van der Waals surface area contributed by atoms with Gasteiger partial charge in [-0.2, -0.15) is 0 Å². The molecule has 2 aromatic carbocycles. The predicted molar refractivity (Wildman–Crippen MR) is 116 cm³/mol. The summed E-state index contributed by atoms with van der Waals surface area (Å²) in [5.74, 6) is 0.0675. The van der Waals surface area contributed by atoms with Gasteiger partial charge in [-0.3, -0.25) is 20.2 Å². The number of nitro groups is 1. The van der Waals surface area contributed by atoms with Crippen LogP contribution >= 0.6 is 35.2 Å². The molecule has 2 N–H and O–H groups in total. The second kappa shape index (κ2) is 9.41. The summed E-state index contributed by atoms with van der Waals surface area (Å²) in [6.45, 7) is -0.222. The summed E-state index contributed by atoms with van der Waals surface area (Å²) in [6, 6.07) is 12.8. The fraction of sp³-hybridized carbons (Fsp3) is 0.0556. The molecule has 0 radical (unpaired) electrons. The molecule has 0 saturated carbocycles. The van der Waals surface area contributed by atoms with E-state index in [-0.39, 0.29) is 17.4 Å². The molecular formula is C18H13ClN4O4S2. The summed E-state index contributed by atoms with van der Waals surface area (Å²) in [5.41, 5.74) is 1.14. The largest absolute Gasteiger partial charge is 0.484 e. The van der Waals surface area contributed by atoms with E-state index in [1.807, 2.05) is 0 Å². The average Bonchev–Trinajstić information content (AvgIpc) is 3.16. The van der Waals surface area contributed by atoms with Crippen molar-refractivity contribution in [1.82, 2.24) is 10.3 Å². The minimum Gasteiger partial charge on any atom is -0.484 e. The zero-order valence-electron chi connectivity index (χ0n) is 14.6. The van der Waals surface area contributed by atoms with E-state index in [2.05, 4.69) is 15.6 Å². The number of nitrogens with one attached hydrogen (secondary N) is 2. The van der Waals surface area contributed by atoms with E-state index in [0.29, 0.717) is 27.2 Å². The molecule has 0 fully saturated rings. The molecule has 0 bridgehead atoms. The van der Waals surface area contributed by atoms with Crippen molar-refractivity contribution < 1.29 is 14.5 Å². The summed E-state index contributed by atoms with van der Waals surface area (Å²) in [7, 11) is 0. The first kappa shape index (κ1) is 20.6. The Labute approximate surface area is 179 Å². The van der Waals surface area contributed by atoms with E-state index >= 15 is 0 Å². The van der Waals surface area contributed by atoms with Crippen LogP contribution in [0, 0.1) is 10.1 Å². The fourth-order valence-electron chi connectivity index (χ4n) is 2.21. The number of carbonyl (C=O) groups excluding carboxylic acids is 1. The number of non-ortho nitro benzene ring substituents is 1. The van der Waals surface area contributed by atoms with Gasteiger partial charge in [-0.25, -0.2) is 4.98 Å². The number of nitrogens with zero attached hydrogens (tertiary/aromatic N) is 2. The zero-order chi connectivity index (χ0) is 20.8. The summed E-state index contributed by atoms with van der Waals surface area (Å²) < 4.78 is 5.34. The monoisotopic (exact) mass is 448 g/mol. The van der Waals surface area contributed by atoms with Crippen LogP contribution in [-0.4, -0.2) is 27.5 Å². The van der Waals surface area contributed by atoms with E-state index in [0.717, 1.165) is 0 Å². The predicted octanol–water partition coefficient (Wildman–Crippen LogP) is 4.26. The quantitative estimate of drug-likeness (QED) is 0.329. The van der Waals surface area contributed by atoms with Crippen molar-refractivity contribution >= 4 is 57.0 Å². The van der Waals surface area contributed by atoms with Gasteiger partial charge < -0.3 is 10.1 Å². The van der Waals surface area contributed by atoms with E-state index < -0.39 is 10.8 Å². The van der Waals surface area contributed by atoms with Gasteiger partial charge in [-0.05, 0) is 36.5 Å². The number of hydrogen-bond donors (Lipinski definition) is 2. The van der Waals surface area contributed by atoms with Gasteiger partial charge in [0.2, 0.25) is 0 Å². The first-order chi connectivity index (χ1) is 13.9. The van der Waals surface area contributed by atoms with Crippen molar-refractivity contribution in [2.75, 3.05) is 11.9 Å². The van der Waals surface area contributed by atoms with Gasteiger partial charge in [0.15, 0.2) is 16.9 Å². The van der Waals surface area contributed by atoms with Crippen LogP contribution in [0.4, 0.5) is 10.8 Å². The minimum atomic E-state index is -0.466. The molecule has 0 saturated heterocycles. The molecule has 1 heterocycles. The number of thiazole rings is 1. The van der Waals surface area contributed by atoms with Crippen LogP contribution in [0.3, 0.4) is 0 Å². The van der Waals surface area contributed by atoms with Gasteiger partial charge in [-0.1, -0.05) is 23.7 Å². The topological polar surface area (TPSA) is 106 Å². The Balaban J connectivity index is 1.53. The first-order valence-electron chi connectivity index (χ1n) is 8.10. The average molecular weight is 449 g/mol. The highest BCUT2D eigenvalue weighted by Gasteiger charge is 2.12. The Hall–Kier alpha value is -3.08. The number of benzene rings is 2. The highest BCUT2D eigenvalue weighted by molar-refractivity contribution is 7.80. The molecule has 8 nitrogen and oxygen atoms in total. The number of thiocarbonyl (C=S) groups is 1. The lowest BCUT2D eigenvalue weighted by molar-refractivity contribution is -0.384. The van der Waals surface area contributed by atoms with Crippen LogP contribution in [0.2, 0.25) is 5.02 Å². The molecule has 1 amide bonds. The van der Waals surface area contributed by atoms with E-state index in [1.54, 1.807) is 41.8 Å². The van der Waals surface area contributed by atoms with Gasteiger partial charge in [0.25, 0.3) is 11.6 Å². The van der Waals surface area contributed by atoms with E-state index in [4.69, 9.17) is 28.6 Å². The van der Waals surface area contributed by atoms with Crippen LogP contribution in [0.5, 0.6) is 5.75 Å². The summed E-state index contributed by atoms with van der Waals surface area (Å²) in [6.07, 6.45) is 0. The van der Waals surface area contributed by atoms with Crippen molar-refractivity contribution in [1.29, 1.82) is 0 Å². The molecule has 0 aliphatic carbocycles. The van der Waals surface area contributed by atoms with Crippen LogP contribution in [-0.2, 0) is 4.79 Å². The number of rotatable bonds is 6. The molecule has 148 valence electrons. The van der Waals surface area contributed by atoms with Crippen molar-refractivity contribution in [3.8, 4) is 17.0 Å². The lowest BCUT2D eigenvalue weighted by atomic mass is 10.1. The molecule has 0 spiro atoms. The molecule has 0 unspecified atom stereocenters. The van der Waals surface area contributed by atoms with Gasteiger partial charge in [0, 0.05) is 28.1 Å². The molecule has 1 aromatic heterocycles. The maximum absolute atomic E-state index is 11.9. The highest BCUT2D eigenvalue weighted by atomic mass is 35.5. The van der Waals surface area contributed by atoms with Gasteiger partial charge in [0.05, 0.1) is 10.6 Å². The standard InChI is InChI=1S/C18H13ClN4O4S2/c19-12-4-6-14(7-5-12)27-9-16(24)21-17(28)22-18-20-15(10-29-18)11-2-1-3-13(8-11)23(25)26/h1-8,10H,9H2,(H2,20,21,22,24,28). The Bertz CT molecular complexity index is 1060. The van der Waals surface area contributed by atoms with Gasteiger partial charge >= 0.3 is 0 Å². The fourth-order valence-corrected chi connectivity index (χ4v) is 3.34. The molecule has 3 rings (SSSR count). The maximum atomic E-state index is 11.9. The third kappa shape index (κ3) is 5.95. The molecule has 11 heteroatoms. The van der Waals surface area contributed by atoms with E-state index in [9.17, 15) is 14.9 Å². The van der Waals surface area contributed by atoms with Crippen molar-refractivity contribution in [3.63, 3.8) is 0 Å². The van der Waals surface area contributed by atoms with Gasteiger partial charge in [0.1, 0.15) is 5.75 Å². The molecule has 0 aliphatic rings. The molecule has 3 aromatic rings. The Kier molecular flexibility index (Phi) is 6.70. The third-order valence-electron chi connectivity index (χ3n) is 3.51. The normalized spacial score (nSPS) is 10.2. The van der Waals surface area contributed by atoms with Crippen LogP contribution in [0.25, 0.3) is 11.3 Å². The maximum Gasteiger partial charge on any atom is 0.270 e. The number of hydrogen-bond acceptors (Lipinski definition) is 7. The SMILES string of the molecule is O=C(COc1ccc(Cl)cc1)NC(=S)Nc1nc(-c2cccc([N+](=O)[O-])c2)cs1. The summed E-state index contributed by atoms with van der Waals surface area (Å²) >= 11 is 12.1. The lowest BCUT2D eigenvalue weighted by Crippen LogP contribution is -2.37. The number of amides is 1. The Morgan fingerprint density at radius 2 is 2.03 bits per heavy atom. The highest BCUT2D eigenvalue weighted by Crippen LogP contribution is 2.27. The molecular weight excluding hydrogens is 436 g/mol. The number of nitro benzene ring substituents is 1. The number of aromatic nitrogens is 1. The van der Waals surface area contributed by atoms with Gasteiger partial charge in [-0.15, -0.1) is 11.3 Å². The van der Waals surface area contributed by atoms with Crippen molar-refractivity contribution in [2.24, 2.45) is 0 Å². The number of anilines is 1. The third-order valence-corrected chi connectivity index (χ3v) is 4.73. The second-order valence-corrected chi connectivity index (χ2v) is 7.29. The van der Waals surface area contributed by atoms with Crippen LogP contribution < -0.4 is 15.4 Å². The second-order valence-electron chi connectivity index (χ2n) is 5.59. The summed E-state index contributed by atoms with van der Waals surface area (Å²) in [4.78, 5) is 26.7. The van der Waals surface area contributed by atoms with Crippen molar-refractivity contribution in [3.05, 3.63) is 69.0 Å². The smallest absolute Gasteiger partial charge is 0.270 e. The van der Waals surface area contributed by atoms with Crippen LogP contribution in [0.1, 0.15) is 0 Å². The summed E-state index contributed by atoms with van der Waals surface area (Å²) in [5, 5.41) is 19.0.